The molecule has 36 heavy (non-hydrogen) atoms. The smallest absolute Gasteiger partial charge is 0.214 e. The molecule has 1 atom stereocenters. The Morgan fingerprint density at radius 2 is 2.00 bits per heavy atom. The van der Waals surface area contributed by atoms with Gasteiger partial charge in [-0.15, -0.1) is 0 Å². The Balaban J connectivity index is 1.42. The molecule has 3 heterocycles. The number of H-pyrrole nitrogens is 1. The number of fused-ring (bicyclic) bond motifs is 2. The number of aliphatic hydroxyl groups is 1. The van der Waals surface area contributed by atoms with Gasteiger partial charge < -0.3 is 19.4 Å². The second kappa shape index (κ2) is 9.80. The number of imidazole rings is 1. The number of aliphatic hydroxyl groups excluding tert-OH is 1. The molecule has 6 rings (SSSR count). The zero-order valence-electron chi connectivity index (χ0n) is 19.8. The monoisotopic (exact) mass is 498 g/mol. The lowest BCUT2D eigenvalue weighted by molar-refractivity contribution is 0.294. The van der Waals surface area contributed by atoms with E-state index in [0.717, 1.165) is 57.7 Å². The largest absolute Gasteiger partial charge is 0.473 e. The molecule has 0 amide bonds. The van der Waals surface area contributed by atoms with Crippen LogP contribution < -0.4 is 4.74 Å². The van der Waals surface area contributed by atoms with Crippen molar-refractivity contribution in [2.45, 2.75) is 38.3 Å². The van der Waals surface area contributed by atoms with Crippen LogP contribution in [0.1, 0.15) is 41.3 Å². The molecule has 0 saturated heterocycles. The van der Waals surface area contributed by atoms with Gasteiger partial charge in [0.05, 0.1) is 35.5 Å². The van der Waals surface area contributed by atoms with E-state index in [4.69, 9.17) is 21.3 Å². The minimum absolute atomic E-state index is 0.0379. The summed E-state index contributed by atoms with van der Waals surface area (Å²) in [4.78, 5) is 12.6. The molecule has 0 fully saturated rings. The molecule has 1 aliphatic rings. The van der Waals surface area contributed by atoms with Crippen LogP contribution in [-0.4, -0.2) is 31.2 Å². The third-order valence-electron chi connectivity index (χ3n) is 6.97. The molecule has 3 aromatic heterocycles. The number of hydrogen-bond acceptors (Lipinski definition) is 4. The van der Waals surface area contributed by atoms with Crippen LogP contribution >= 0.6 is 11.6 Å². The summed E-state index contributed by atoms with van der Waals surface area (Å²) in [6.07, 6.45) is 9.35. The summed E-state index contributed by atoms with van der Waals surface area (Å²) in [6.45, 7) is 0.491. The molecular formula is C29H27ClN4O2. The van der Waals surface area contributed by atoms with Crippen molar-refractivity contribution in [2.75, 3.05) is 6.61 Å². The van der Waals surface area contributed by atoms with Crippen LogP contribution in [0.5, 0.6) is 5.88 Å². The summed E-state index contributed by atoms with van der Waals surface area (Å²) in [5.74, 6) is 0.569. The highest BCUT2D eigenvalue weighted by atomic mass is 35.5. The third kappa shape index (κ3) is 4.27. The van der Waals surface area contributed by atoms with Gasteiger partial charge in [-0.2, -0.15) is 0 Å². The molecule has 6 nitrogen and oxygen atoms in total. The number of aromatic nitrogens is 4. The van der Waals surface area contributed by atoms with Crippen molar-refractivity contribution < 1.29 is 9.84 Å². The van der Waals surface area contributed by atoms with E-state index >= 15 is 0 Å². The number of ether oxygens (including phenoxy) is 1. The lowest BCUT2D eigenvalue weighted by atomic mass is 9.87. The van der Waals surface area contributed by atoms with Crippen LogP contribution in [0, 0.1) is 0 Å². The Kier molecular flexibility index (Phi) is 6.21. The number of hydrogen-bond donors (Lipinski definition) is 2. The highest BCUT2D eigenvalue weighted by Crippen LogP contribution is 2.40. The highest BCUT2D eigenvalue weighted by Gasteiger charge is 2.27. The first-order valence-electron chi connectivity index (χ1n) is 12.3. The second-order valence-electron chi connectivity index (χ2n) is 9.22. The Morgan fingerprint density at radius 1 is 1.11 bits per heavy atom. The fourth-order valence-electron chi connectivity index (χ4n) is 5.27. The van der Waals surface area contributed by atoms with Crippen LogP contribution in [0.25, 0.3) is 22.2 Å². The predicted molar refractivity (Wildman–Crippen MR) is 141 cm³/mol. The number of nitrogens with one attached hydrogen (secondary N) is 1. The highest BCUT2D eigenvalue weighted by molar-refractivity contribution is 6.30. The van der Waals surface area contributed by atoms with Crippen LogP contribution in [-0.2, 0) is 19.4 Å². The molecule has 0 spiro atoms. The minimum atomic E-state index is 0.0379. The fraction of sp³-hybridized carbons (Fsp3) is 0.241. The Morgan fingerprint density at radius 3 is 2.86 bits per heavy atom. The van der Waals surface area contributed by atoms with E-state index in [1.807, 2.05) is 61.2 Å². The first kappa shape index (κ1) is 22.8. The maximum atomic E-state index is 9.78. The van der Waals surface area contributed by atoms with Gasteiger partial charge in [0.15, 0.2) is 0 Å². The molecule has 5 aromatic rings. The van der Waals surface area contributed by atoms with Crippen LogP contribution in [0.2, 0.25) is 5.02 Å². The maximum absolute atomic E-state index is 9.78. The van der Waals surface area contributed by atoms with E-state index in [1.165, 1.54) is 11.1 Å². The number of benzene rings is 2. The zero-order chi connectivity index (χ0) is 24.5. The van der Waals surface area contributed by atoms with Gasteiger partial charge in [0, 0.05) is 41.3 Å². The van der Waals surface area contributed by atoms with Gasteiger partial charge in [-0.3, -0.25) is 0 Å². The van der Waals surface area contributed by atoms with E-state index in [2.05, 4.69) is 26.7 Å². The molecule has 2 aromatic carbocycles. The van der Waals surface area contributed by atoms with Crippen molar-refractivity contribution in [3.8, 4) is 17.1 Å². The van der Waals surface area contributed by atoms with Crippen LogP contribution in [0.15, 0.2) is 73.3 Å². The van der Waals surface area contributed by atoms with E-state index in [0.29, 0.717) is 18.9 Å². The van der Waals surface area contributed by atoms with E-state index in [1.54, 1.807) is 0 Å². The first-order chi connectivity index (χ1) is 17.7. The molecule has 0 saturated carbocycles. The summed E-state index contributed by atoms with van der Waals surface area (Å²) in [5.41, 5.74) is 7.52. The Bertz CT molecular complexity index is 1510. The molecule has 0 bridgehead atoms. The van der Waals surface area contributed by atoms with Crippen molar-refractivity contribution in [1.82, 2.24) is 19.5 Å². The predicted octanol–water partition coefficient (Wildman–Crippen LogP) is 6.12. The summed E-state index contributed by atoms with van der Waals surface area (Å²) in [5, 5.41) is 11.6. The molecule has 2 N–H and O–H groups in total. The van der Waals surface area contributed by atoms with Crippen molar-refractivity contribution in [1.29, 1.82) is 0 Å². The van der Waals surface area contributed by atoms with E-state index < -0.39 is 0 Å². The van der Waals surface area contributed by atoms with Gasteiger partial charge in [0.2, 0.25) is 5.88 Å². The van der Waals surface area contributed by atoms with Gasteiger partial charge in [0.25, 0.3) is 0 Å². The molecule has 1 unspecified atom stereocenters. The number of nitrogens with zero attached hydrogens (tertiary/aromatic N) is 3. The Labute approximate surface area is 214 Å². The van der Waals surface area contributed by atoms with Gasteiger partial charge in [-0.25, -0.2) is 9.97 Å². The van der Waals surface area contributed by atoms with Crippen molar-refractivity contribution in [2.24, 2.45) is 0 Å². The van der Waals surface area contributed by atoms with Gasteiger partial charge in [-0.1, -0.05) is 48.0 Å². The minimum Gasteiger partial charge on any atom is -0.473 e. The molecule has 1 aliphatic carbocycles. The SMILES string of the molecule is OCCc1ncn(C2CCCc3cc(Cl)ccc32)c1-c1c[nH]c2cnc(OCc3ccccc3)cc12. The van der Waals surface area contributed by atoms with E-state index in [-0.39, 0.29) is 12.6 Å². The van der Waals surface area contributed by atoms with Gasteiger partial charge in [-0.05, 0) is 48.1 Å². The standard InChI is InChI=1S/C29H27ClN4O2/c30-21-9-10-22-20(13-21)7-4-8-27(22)34-18-33-25(11-12-35)29(34)24-15-31-26-16-32-28(14-23(24)26)36-17-19-5-2-1-3-6-19/h1-3,5-6,9-10,13-16,18,27,31,35H,4,7-8,11-12,17H2. The van der Waals surface area contributed by atoms with Crippen LogP contribution in [0.4, 0.5) is 0 Å². The normalized spacial score (nSPS) is 15.2. The molecular weight excluding hydrogens is 472 g/mol. The number of aryl methyl sites for hydroxylation is 1. The third-order valence-corrected chi connectivity index (χ3v) is 7.20. The fourth-order valence-corrected chi connectivity index (χ4v) is 5.47. The summed E-state index contributed by atoms with van der Waals surface area (Å²) >= 11 is 6.30. The molecule has 182 valence electrons. The van der Waals surface area contributed by atoms with Crippen LogP contribution in [0.3, 0.4) is 0 Å². The molecule has 0 radical (unpaired) electrons. The van der Waals surface area contributed by atoms with E-state index in [9.17, 15) is 5.11 Å². The first-order valence-corrected chi connectivity index (χ1v) is 12.7. The zero-order valence-corrected chi connectivity index (χ0v) is 20.6. The lowest BCUT2D eigenvalue weighted by Crippen LogP contribution is -2.17. The van der Waals surface area contributed by atoms with Crippen molar-refractivity contribution >= 4 is 22.5 Å². The quantitative estimate of drug-likeness (QED) is 0.283. The average molecular weight is 499 g/mol. The lowest BCUT2D eigenvalue weighted by Gasteiger charge is -2.28. The Hall–Kier alpha value is -3.61. The number of rotatable bonds is 7. The van der Waals surface area contributed by atoms with Crippen molar-refractivity contribution in [3.05, 3.63) is 101 Å². The molecule has 0 aliphatic heterocycles. The second-order valence-corrected chi connectivity index (χ2v) is 9.65. The number of pyridine rings is 1. The topological polar surface area (TPSA) is 76.0 Å². The van der Waals surface area contributed by atoms with Gasteiger partial charge in [0.1, 0.15) is 6.61 Å². The summed E-state index contributed by atoms with van der Waals surface area (Å²) in [6, 6.07) is 18.4. The van der Waals surface area contributed by atoms with Crippen molar-refractivity contribution in [3.63, 3.8) is 0 Å². The van der Waals surface area contributed by atoms with Gasteiger partial charge >= 0.3 is 0 Å². The maximum Gasteiger partial charge on any atom is 0.214 e. The molecule has 7 heteroatoms. The number of halogens is 1. The average Bonchev–Trinajstić information content (AvgIpc) is 3.51. The summed E-state index contributed by atoms with van der Waals surface area (Å²) in [7, 11) is 0. The summed E-state index contributed by atoms with van der Waals surface area (Å²) < 4.78 is 8.29. The number of aromatic amines is 1.